The largest absolute Gasteiger partial charge is 0.383 e. The van der Waals surface area contributed by atoms with Crippen LogP contribution < -0.4 is 15.5 Å². The van der Waals surface area contributed by atoms with Crippen LogP contribution in [0.2, 0.25) is 0 Å². The lowest BCUT2D eigenvalue weighted by Gasteiger charge is -2.36. The van der Waals surface area contributed by atoms with Gasteiger partial charge in [0.2, 0.25) is 0 Å². The fourth-order valence-electron chi connectivity index (χ4n) is 4.10. The standard InChI is InChI=1S/C24H31N5O4/c1-33-14-9-25-22-8-7-19(15-23(22)29(31)32)24(30)26-20-3-2-4-21(16-20)28-12-10-27(11-13-28)17-18-5-6-18/h2-4,7-8,15-16,18,25H,5-6,9-14,17H2,1H3,(H,26,30). The average Bonchev–Trinajstić information content (AvgIpc) is 3.64. The Bertz CT molecular complexity index is 987. The van der Waals surface area contributed by atoms with E-state index in [1.807, 2.05) is 18.2 Å². The summed E-state index contributed by atoms with van der Waals surface area (Å²) in [7, 11) is 1.56. The SMILES string of the molecule is COCCNc1ccc(C(=O)Nc2cccc(N3CCN(CC4CC4)CC3)c2)cc1[N+](=O)[O-]. The van der Waals surface area contributed by atoms with Crippen molar-refractivity contribution in [3.8, 4) is 0 Å². The van der Waals surface area contributed by atoms with E-state index in [4.69, 9.17) is 4.74 Å². The van der Waals surface area contributed by atoms with E-state index in [1.165, 1.54) is 25.5 Å². The number of piperazine rings is 1. The van der Waals surface area contributed by atoms with Gasteiger partial charge in [-0.3, -0.25) is 19.8 Å². The first-order valence-corrected chi connectivity index (χ1v) is 11.4. The van der Waals surface area contributed by atoms with Crippen LogP contribution in [-0.2, 0) is 4.74 Å². The van der Waals surface area contributed by atoms with Crippen LogP contribution in [0.25, 0.3) is 0 Å². The third-order valence-electron chi connectivity index (χ3n) is 6.13. The molecule has 0 spiro atoms. The van der Waals surface area contributed by atoms with Gasteiger partial charge in [-0.1, -0.05) is 6.07 Å². The van der Waals surface area contributed by atoms with Crippen molar-refractivity contribution in [1.29, 1.82) is 0 Å². The molecule has 9 heteroatoms. The zero-order valence-electron chi connectivity index (χ0n) is 19.0. The average molecular weight is 454 g/mol. The Morgan fingerprint density at radius 2 is 1.94 bits per heavy atom. The normalized spacial score (nSPS) is 16.5. The van der Waals surface area contributed by atoms with Gasteiger partial charge in [-0.25, -0.2) is 0 Å². The first kappa shape index (κ1) is 23.0. The predicted octanol–water partition coefficient (Wildman–Crippen LogP) is 3.44. The quantitative estimate of drug-likeness (QED) is 0.323. The van der Waals surface area contributed by atoms with Crippen molar-refractivity contribution in [2.24, 2.45) is 5.92 Å². The molecular weight excluding hydrogens is 422 g/mol. The van der Waals surface area contributed by atoms with E-state index in [0.717, 1.165) is 37.8 Å². The van der Waals surface area contributed by atoms with Crippen LogP contribution in [0.15, 0.2) is 42.5 Å². The maximum absolute atomic E-state index is 12.8. The molecule has 0 radical (unpaired) electrons. The van der Waals surface area contributed by atoms with Crippen molar-refractivity contribution in [2.75, 3.05) is 68.5 Å². The van der Waals surface area contributed by atoms with Crippen LogP contribution in [0, 0.1) is 16.0 Å². The molecule has 33 heavy (non-hydrogen) atoms. The molecule has 0 unspecified atom stereocenters. The minimum absolute atomic E-state index is 0.142. The first-order chi connectivity index (χ1) is 16.0. The lowest BCUT2D eigenvalue weighted by atomic mass is 10.1. The summed E-state index contributed by atoms with van der Waals surface area (Å²) < 4.78 is 4.97. The van der Waals surface area contributed by atoms with Gasteiger partial charge < -0.3 is 20.3 Å². The van der Waals surface area contributed by atoms with E-state index in [9.17, 15) is 14.9 Å². The summed E-state index contributed by atoms with van der Waals surface area (Å²) in [6.45, 7) is 6.12. The highest BCUT2D eigenvalue weighted by molar-refractivity contribution is 6.05. The summed E-state index contributed by atoms with van der Waals surface area (Å²) in [4.78, 5) is 28.7. The van der Waals surface area contributed by atoms with Gasteiger partial charge in [0.25, 0.3) is 11.6 Å². The number of ether oxygens (including phenoxy) is 1. The minimum atomic E-state index is -0.491. The second kappa shape index (κ2) is 10.6. The molecule has 2 N–H and O–H groups in total. The zero-order valence-corrected chi connectivity index (χ0v) is 19.0. The summed E-state index contributed by atoms with van der Waals surface area (Å²) in [6.07, 6.45) is 2.75. The van der Waals surface area contributed by atoms with E-state index in [0.29, 0.717) is 24.5 Å². The zero-order chi connectivity index (χ0) is 23.2. The number of hydrogen-bond donors (Lipinski definition) is 2. The summed E-state index contributed by atoms with van der Waals surface area (Å²) >= 11 is 0. The molecule has 0 atom stereocenters. The molecular formula is C24H31N5O4. The van der Waals surface area contributed by atoms with Crippen LogP contribution in [0.5, 0.6) is 0 Å². The molecule has 1 aliphatic carbocycles. The Labute approximate surface area is 193 Å². The van der Waals surface area contributed by atoms with Gasteiger partial charge >= 0.3 is 0 Å². The van der Waals surface area contributed by atoms with Crippen LogP contribution in [0.1, 0.15) is 23.2 Å². The highest BCUT2D eigenvalue weighted by Crippen LogP contribution is 2.30. The van der Waals surface area contributed by atoms with Crippen molar-refractivity contribution < 1.29 is 14.5 Å². The molecule has 2 aliphatic rings. The fraction of sp³-hybridized carbons (Fsp3) is 0.458. The van der Waals surface area contributed by atoms with Crippen LogP contribution in [0.3, 0.4) is 0 Å². The van der Waals surface area contributed by atoms with E-state index in [2.05, 4.69) is 26.5 Å². The number of nitro benzene ring substituents is 1. The third kappa shape index (κ3) is 6.21. The fourth-order valence-corrected chi connectivity index (χ4v) is 4.10. The molecule has 1 saturated heterocycles. The molecule has 1 aliphatic heterocycles. The van der Waals surface area contributed by atoms with Crippen LogP contribution in [0.4, 0.5) is 22.7 Å². The van der Waals surface area contributed by atoms with Crippen LogP contribution in [-0.4, -0.2) is 68.7 Å². The Morgan fingerprint density at radius 3 is 2.64 bits per heavy atom. The molecule has 9 nitrogen and oxygen atoms in total. The molecule has 1 heterocycles. The minimum Gasteiger partial charge on any atom is -0.383 e. The topological polar surface area (TPSA) is 100.0 Å². The van der Waals surface area contributed by atoms with E-state index in [-0.39, 0.29) is 17.2 Å². The van der Waals surface area contributed by atoms with E-state index < -0.39 is 4.92 Å². The van der Waals surface area contributed by atoms with E-state index >= 15 is 0 Å². The summed E-state index contributed by atoms with van der Waals surface area (Å²) in [5.41, 5.74) is 2.19. The number of amides is 1. The Kier molecular flexibility index (Phi) is 7.41. The van der Waals surface area contributed by atoms with Crippen molar-refractivity contribution in [2.45, 2.75) is 12.8 Å². The molecule has 2 aromatic rings. The number of benzene rings is 2. The smallest absolute Gasteiger partial charge is 0.293 e. The number of nitrogens with zero attached hydrogens (tertiary/aromatic N) is 3. The lowest BCUT2D eigenvalue weighted by molar-refractivity contribution is -0.384. The monoisotopic (exact) mass is 453 g/mol. The molecule has 2 aromatic carbocycles. The highest BCUT2D eigenvalue weighted by Gasteiger charge is 2.26. The van der Waals surface area contributed by atoms with Gasteiger partial charge in [0, 0.05) is 69.4 Å². The number of anilines is 3. The summed E-state index contributed by atoms with van der Waals surface area (Å²) in [5.74, 6) is 0.522. The maximum atomic E-state index is 12.8. The maximum Gasteiger partial charge on any atom is 0.293 e. The molecule has 2 fully saturated rings. The second-order valence-corrected chi connectivity index (χ2v) is 8.64. The third-order valence-corrected chi connectivity index (χ3v) is 6.13. The first-order valence-electron chi connectivity index (χ1n) is 11.4. The molecule has 0 bridgehead atoms. The highest BCUT2D eigenvalue weighted by atomic mass is 16.6. The Balaban J connectivity index is 1.39. The van der Waals surface area contributed by atoms with Crippen molar-refractivity contribution in [1.82, 2.24) is 4.90 Å². The molecule has 1 amide bonds. The molecule has 176 valence electrons. The van der Waals surface area contributed by atoms with Gasteiger partial charge in [0.15, 0.2) is 0 Å². The summed E-state index contributed by atoms with van der Waals surface area (Å²) in [5, 5.41) is 17.3. The van der Waals surface area contributed by atoms with Gasteiger partial charge in [0.1, 0.15) is 5.69 Å². The number of methoxy groups -OCH3 is 1. The Morgan fingerprint density at radius 1 is 1.15 bits per heavy atom. The van der Waals surface area contributed by atoms with Crippen molar-refractivity contribution >= 4 is 28.7 Å². The lowest BCUT2D eigenvalue weighted by Crippen LogP contribution is -2.47. The molecule has 1 saturated carbocycles. The van der Waals surface area contributed by atoms with Gasteiger partial charge in [-0.15, -0.1) is 0 Å². The Hall–Kier alpha value is -3.17. The van der Waals surface area contributed by atoms with Gasteiger partial charge in [0.05, 0.1) is 11.5 Å². The number of carbonyl (C=O) groups excluding carboxylic acids is 1. The number of nitro groups is 1. The predicted molar refractivity (Wildman–Crippen MR) is 129 cm³/mol. The van der Waals surface area contributed by atoms with E-state index in [1.54, 1.807) is 19.2 Å². The van der Waals surface area contributed by atoms with Crippen molar-refractivity contribution in [3.05, 3.63) is 58.1 Å². The number of carbonyl (C=O) groups is 1. The molecule has 0 aromatic heterocycles. The van der Waals surface area contributed by atoms with Gasteiger partial charge in [-0.05, 0) is 49.1 Å². The second-order valence-electron chi connectivity index (χ2n) is 8.64. The summed E-state index contributed by atoms with van der Waals surface area (Å²) in [6, 6.07) is 12.2. The number of nitrogens with one attached hydrogen (secondary N) is 2. The number of rotatable bonds is 10. The van der Waals surface area contributed by atoms with Gasteiger partial charge in [-0.2, -0.15) is 0 Å². The van der Waals surface area contributed by atoms with Crippen LogP contribution >= 0.6 is 0 Å². The molecule has 4 rings (SSSR count). The number of hydrogen-bond acceptors (Lipinski definition) is 7. The van der Waals surface area contributed by atoms with Crippen molar-refractivity contribution in [3.63, 3.8) is 0 Å².